The number of sulfone groups is 1. The molecule has 17 heavy (non-hydrogen) atoms. The fourth-order valence-corrected chi connectivity index (χ4v) is 2.08. The second-order valence-electron chi connectivity index (χ2n) is 3.31. The molecule has 0 aliphatic carbocycles. The molecule has 0 aromatic heterocycles. The van der Waals surface area contributed by atoms with Crippen LogP contribution in [0.4, 0.5) is 13.2 Å². The molecule has 0 spiro atoms. The Balaban J connectivity index is 3.53. The highest BCUT2D eigenvalue weighted by Gasteiger charge is 2.24. The Morgan fingerprint density at radius 2 is 1.88 bits per heavy atom. The fourth-order valence-electron chi connectivity index (χ4n) is 1.25. The van der Waals surface area contributed by atoms with E-state index in [1.54, 1.807) is 0 Å². The maximum Gasteiger partial charge on any atom is 0.181 e. The van der Waals surface area contributed by atoms with Gasteiger partial charge >= 0.3 is 0 Å². The van der Waals surface area contributed by atoms with E-state index in [1.165, 1.54) is 6.08 Å². The maximum absolute atomic E-state index is 13.4. The van der Waals surface area contributed by atoms with E-state index in [1.807, 2.05) is 0 Å². The van der Waals surface area contributed by atoms with E-state index in [0.29, 0.717) is 12.3 Å². The fraction of sp³-hybridized carbons (Fsp3) is 0.200. The van der Waals surface area contributed by atoms with E-state index in [-0.39, 0.29) is 6.54 Å². The van der Waals surface area contributed by atoms with Gasteiger partial charge in [-0.05, 0) is 6.07 Å². The Labute approximate surface area is 96.7 Å². The summed E-state index contributed by atoms with van der Waals surface area (Å²) in [5.41, 5.74) is 4.72. The SMILES string of the molecule is CS(=O)(=O)c1c(F)cc(/C=C/CN)c(F)c1F. The largest absolute Gasteiger partial charge is 0.327 e. The number of rotatable bonds is 3. The predicted octanol–water partition coefficient (Wildman–Crippen LogP) is 1.48. The number of hydrogen-bond donors (Lipinski definition) is 1. The monoisotopic (exact) mass is 265 g/mol. The van der Waals surface area contributed by atoms with Crippen molar-refractivity contribution >= 4 is 15.9 Å². The molecule has 3 nitrogen and oxygen atoms in total. The van der Waals surface area contributed by atoms with Crippen LogP contribution >= 0.6 is 0 Å². The minimum absolute atomic E-state index is 0.0660. The van der Waals surface area contributed by atoms with Gasteiger partial charge in [0.2, 0.25) is 0 Å². The van der Waals surface area contributed by atoms with Gasteiger partial charge in [-0.15, -0.1) is 0 Å². The van der Waals surface area contributed by atoms with Crippen molar-refractivity contribution in [3.05, 3.63) is 35.2 Å². The van der Waals surface area contributed by atoms with Crippen molar-refractivity contribution in [3.8, 4) is 0 Å². The lowest BCUT2D eigenvalue weighted by atomic mass is 10.2. The van der Waals surface area contributed by atoms with Crippen molar-refractivity contribution in [2.45, 2.75) is 4.90 Å². The minimum atomic E-state index is -4.16. The second kappa shape index (κ2) is 4.89. The molecule has 1 aromatic carbocycles. The Kier molecular flexibility index (Phi) is 3.94. The average molecular weight is 265 g/mol. The number of hydrogen-bond acceptors (Lipinski definition) is 3. The number of nitrogens with two attached hydrogens (primary N) is 1. The minimum Gasteiger partial charge on any atom is -0.327 e. The van der Waals surface area contributed by atoms with Gasteiger partial charge < -0.3 is 5.73 Å². The summed E-state index contributed by atoms with van der Waals surface area (Å²) in [6.45, 7) is 0.0660. The van der Waals surface area contributed by atoms with Crippen LogP contribution in [0.5, 0.6) is 0 Å². The third-order valence-electron chi connectivity index (χ3n) is 1.95. The van der Waals surface area contributed by atoms with E-state index < -0.39 is 37.7 Å². The van der Waals surface area contributed by atoms with E-state index in [4.69, 9.17) is 5.73 Å². The molecular weight excluding hydrogens is 255 g/mol. The lowest BCUT2D eigenvalue weighted by Gasteiger charge is -2.06. The molecule has 0 fully saturated rings. The van der Waals surface area contributed by atoms with Gasteiger partial charge in [-0.2, -0.15) is 0 Å². The van der Waals surface area contributed by atoms with Crippen LogP contribution in [0.25, 0.3) is 6.08 Å². The Hall–Kier alpha value is -1.34. The predicted molar refractivity (Wildman–Crippen MR) is 57.5 cm³/mol. The zero-order valence-electron chi connectivity index (χ0n) is 8.88. The lowest BCUT2D eigenvalue weighted by Crippen LogP contribution is -2.08. The van der Waals surface area contributed by atoms with Gasteiger partial charge in [0.05, 0.1) is 0 Å². The highest BCUT2D eigenvalue weighted by molar-refractivity contribution is 7.90. The molecule has 94 valence electrons. The summed E-state index contributed by atoms with van der Waals surface area (Å²) < 4.78 is 62.3. The topological polar surface area (TPSA) is 60.2 Å². The summed E-state index contributed by atoms with van der Waals surface area (Å²) in [4.78, 5) is -1.26. The highest BCUT2D eigenvalue weighted by atomic mass is 32.2. The van der Waals surface area contributed by atoms with Crippen LogP contribution in [0.2, 0.25) is 0 Å². The standard InChI is InChI=1S/C10H10F3NO2S/c1-17(15,16)10-7(11)5-6(3-2-4-14)8(12)9(10)13/h2-3,5H,4,14H2,1H3/b3-2+. The first-order valence-electron chi connectivity index (χ1n) is 4.53. The molecule has 1 rings (SSSR count). The Morgan fingerprint density at radius 1 is 1.29 bits per heavy atom. The molecule has 7 heteroatoms. The molecule has 0 heterocycles. The summed E-state index contributed by atoms with van der Waals surface area (Å²) >= 11 is 0. The third kappa shape index (κ3) is 2.86. The third-order valence-corrected chi connectivity index (χ3v) is 3.06. The van der Waals surface area contributed by atoms with E-state index in [0.717, 1.165) is 6.08 Å². The molecule has 2 N–H and O–H groups in total. The van der Waals surface area contributed by atoms with Gasteiger partial charge in [-0.25, -0.2) is 21.6 Å². The zero-order chi connectivity index (χ0) is 13.2. The van der Waals surface area contributed by atoms with Crippen molar-refractivity contribution in [2.75, 3.05) is 12.8 Å². The van der Waals surface area contributed by atoms with Gasteiger partial charge in [0.25, 0.3) is 0 Å². The normalized spacial score (nSPS) is 12.3. The molecule has 0 aliphatic heterocycles. The molecule has 0 bridgehead atoms. The van der Waals surface area contributed by atoms with Crippen LogP contribution in [-0.4, -0.2) is 21.2 Å². The van der Waals surface area contributed by atoms with Gasteiger partial charge in [0.1, 0.15) is 10.7 Å². The van der Waals surface area contributed by atoms with Gasteiger partial charge in [0.15, 0.2) is 21.5 Å². The van der Waals surface area contributed by atoms with Crippen LogP contribution < -0.4 is 5.73 Å². The summed E-state index contributed by atoms with van der Waals surface area (Å²) in [6.07, 6.45) is 2.97. The molecule has 0 aliphatic rings. The quantitative estimate of drug-likeness (QED) is 0.842. The molecule has 0 unspecified atom stereocenters. The molecule has 0 saturated carbocycles. The molecule has 0 saturated heterocycles. The molecule has 1 aromatic rings. The lowest BCUT2D eigenvalue weighted by molar-refractivity contribution is 0.458. The van der Waals surface area contributed by atoms with E-state index in [2.05, 4.69) is 0 Å². The first-order valence-corrected chi connectivity index (χ1v) is 6.42. The van der Waals surface area contributed by atoms with Gasteiger partial charge in [0, 0.05) is 18.4 Å². The summed E-state index contributed by atoms with van der Waals surface area (Å²) in [5, 5.41) is 0. The van der Waals surface area contributed by atoms with E-state index in [9.17, 15) is 21.6 Å². The van der Waals surface area contributed by atoms with Crippen molar-refractivity contribution in [1.29, 1.82) is 0 Å². The Bertz CT molecular complexity index is 567. The molecule has 0 amide bonds. The van der Waals surface area contributed by atoms with Crippen LogP contribution in [0.15, 0.2) is 17.0 Å². The molecule has 0 radical (unpaired) electrons. The number of halogens is 3. The van der Waals surface area contributed by atoms with Gasteiger partial charge in [-0.1, -0.05) is 12.2 Å². The Morgan fingerprint density at radius 3 is 2.35 bits per heavy atom. The smallest absolute Gasteiger partial charge is 0.181 e. The maximum atomic E-state index is 13.4. The van der Waals surface area contributed by atoms with Crippen molar-refractivity contribution in [3.63, 3.8) is 0 Å². The van der Waals surface area contributed by atoms with Crippen LogP contribution in [-0.2, 0) is 9.84 Å². The van der Waals surface area contributed by atoms with E-state index >= 15 is 0 Å². The van der Waals surface area contributed by atoms with Crippen LogP contribution in [0.3, 0.4) is 0 Å². The molecule has 0 atom stereocenters. The van der Waals surface area contributed by atoms with Crippen molar-refractivity contribution in [1.82, 2.24) is 0 Å². The summed E-state index contributed by atoms with van der Waals surface area (Å²) in [6, 6.07) is 0.612. The van der Waals surface area contributed by atoms with Crippen LogP contribution in [0, 0.1) is 17.5 Å². The van der Waals surface area contributed by atoms with Crippen LogP contribution in [0.1, 0.15) is 5.56 Å². The van der Waals surface area contributed by atoms with Crippen molar-refractivity contribution in [2.24, 2.45) is 5.73 Å². The zero-order valence-corrected chi connectivity index (χ0v) is 9.69. The number of benzene rings is 1. The summed E-state index contributed by atoms with van der Waals surface area (Å²) in [7, 11) is -4.16. The molecular formula is C10H10F3NO2S. The second-order valence-corrected chi connectivity index (χ2v) is 5.27. The first kappa shape index (κ1) is 13.7. The first-order chi connectivity index (χ1) is 7.79. The van der Waals surface area contributed by atoms with Crippen molar-refractivity contribution < 1.29 is 21.6 Å². The highest BCUT2D eigenvalue weighted by Crippen LogP contribution is 2.24. The van der Waals surface area contributed by atoms with Gasteiger partial charge in [-0.3, -0.25) is 0 Å². The summed E-state index contributed by atoms with van der Waals surface area (Å²) in [5.74, 6) is -4.47. The average Bonchev–Trinajstić information content (AvgIpc) is 2.19.